The van der Waals surface area contributed by atoms with Crippen molar-refractivity contribution in [2.75, 3.05) is 12.4 Å². The molecule has 0 aromatic heterocycles. The molecule has 5 nitrogen and oxygen atoms in total. The molecule has 25 heavy (non-hydrogen) atoms. The van der Waals surface area contributed by atoms with Gasteiger partial charge in [0.05, 0.1) is 0 Å². The lowest BCUT2D eigenvalue weighted by Crippen LogP contribution is -2.45. The number of urea groups is 1. The topological polar surface area (TPSA) is 81.4 Å². The zero-order chi connectivity index (χ0) is 18.1. The molecule has 2 aromatic carbocycles. The number of ether oxygens (including phenoxy) is 1. The van der Waals surface area contributed by atoms with E-state index in [1.54, 1.807) is 11.8 Å². The molecule has 1 atom stereocenters. The smallest absolute Gasteiger partial charge is 0.329 e. The summed E-state index contributed by atoms with van der Waals surface area (Å²) in [6, 6.07) is 15.2. The average molecular weight is 379 g/mol. The van der Waals surface area contributed by atoms with Gasteiger partial charge in [-0.2, -0.15) is 0 Å². The van der Waals surface area contributed by atoms with E-state index in [1.165, 1.54) is 0 Å². The second kappa shape index (κ2) is 9.96. The lowest BCUT2D eigenvalue weighted by molar-refractivity contribution is -0.145. The van der Waals surface area contributed by atoms with E-state index in [9.17, 15) is 9.59 Å². The minimum atomic E-state index is -0.805. The summed E-state index contributed by atoms with van der Waals surface area (Å²) >= 11 is 7.39. The largest absolute Gasteiger partial charge is 0.463 e. The number of halogens is 1. The van der Waals surface area contributed by atoms with Crippen LogP contribution in [0.4, 0.5) is 4.79 Å². The molecule has 0 fully saturated rings. The minimum absolute atomic E-state index is 0.234. The summed E-state index contributed by atoms with van der Waals surface area (Å²) in [6.45, 7) is 0.234. The van der Waals surface area contributed by atoms with Gasteiger partial charge in [0.15, 0.2) is 0 Å². The van der Waals surface area contributed by atoms with Gasteiger partial charge in [0.25, 0.3) is 0 Å². The highest BCUT2D eigenvalue weighted by molar-refractivity contribution is 7.99. The second-order valence-corrected chi connectivity index (χ2v) is 6.83. The molecular formula is C18H19ClN2O3S. The fourth-order valence-electron chi connectivity index (χ4n) is 2.15. The van der Waals surface area contributed by atoms with Crippen LogP contribution in [0.2, 0.25) is 5.02 Å². The molecule has 0 saturated heterocycles. The van der Waals surface area contributed by atoms with Gasteiger partial charge >= 0.3 is 12.0 Å². The molecule has 2 aromatic rings. The second-order valence-electron chi connectivity index (χ2n) is 5.22. The van der Waals surface area contributed by atoms with Gasteiger partial charge in [-0.05, 0) is 29.8 Å². The highest BCUT2D eigenvalue weighted by Crippen LogP contribution is 2.20. The summed E-state index contributed by atoms with van der Waals surface area (Å²) in [5.74, 6) is 0.0986. The Morgan fingerprint density at radius 2 is 1.80 bits per heavy atom. The van der Waals surface area contributed by atoms with Crippen LogP contribution in [0, 0.1) is 0 Å². The van der Waals surface area contributed by atoms with Crippen LogP contribution in [0.3, 0.4) is 0 Å². The zero-order valence-electron chi connectivity index (χ0n) is 13.5. The number of nitrogens with one attached hydrogen (secondary N) is 1. The van der Waals surface area contributed by atoms with Crippen LogP contribution in [0.25, 0.3) is 0 Å². The van der Waals surface area contributed by atoms with Crippen molar-refractivity contribution >= 4 is 35.4 Å². The van der Waals surface area contributed by atoms with Crippen LogP contribution < -0.4 is 11.1 Å². The fourth-order valence-corrected chi connectivity index (χ4v) is 3.00. The first-order chi connectivity index (χ1) is 12.0. The lowest BCUT2D eigenvalue weighted by atomic mass is 10.1. The Balaban J connectivity index is 1.82. The van der Waals surface area contributed by atoms with Crippen LogP contribution in [-0.4, -0.2) is 30.4 Å². The van der Waals surface area contributed by atoms with E-state index in [0.717, 1.165) is 10.5 Å². The van der Waals surface area contributed by atoms with Gasteiger partial charge in [-0.15, -0.1) is 11.8 Å². The molecule has 0 unspecified atom stereocenters. The predicted octanol–water partition coefficient (Wildman–Crippen LogP) is 3.25. The minimum Gasteiger partial charge on any atom is -0.463 e. The van der Waals surface area contributed by atoms with Gasteiger partial charge in [-0.3, -0.25) is 0 Å². The van der Waals surface area contributed by atoms with Crippen LogP contribution in [0.1, 0.15) is 5.56 Å². The van der Waals surface area contributed by atoms with Gasteiger partial charge in [0, 0.05) is 22.1 Å². The summed E-state index contributed by atoms with van der Waals surface area (Å²) in [6.07, 6.45) is 0.326. The molecule has 3 N–H and O–H groups in total. The van der Waals surface area contributed by atoms with Gasteiger partial charge in [0.1, 0.15) is 12.6 Å². The number of amides is 2. The van der Waals surface area contributed by atoms with E-state index in [-0.39, 0.29) is 6.61 Å². The number of thioether (sulfide) groups is 1. The number of nitrogens with two attached hydrogens (primary N) is 1. The van der Waals surface area contributed by atoms with Crippen molar-refractivity contribution in [3.05, 3.63) is 65.2 Å². The highest BCUT2D eigenvalue weighted by atomic mass is 35.5. The Kier molecular flexibility index (Phi) is 7.63. The number of hydrogen-bond donors (Lipinski definition) is 2. The monoisotopic (exact) mass is 378 g/mol. The predicted molar refractivity (Wildman–Crippen MR) is 99.8 cm³/mol. The molecule has 0 heterocycles. The number of primary amides is 1. The summed E-state index contributed by atoms with van der Waals surface area (Å²) in [5.41, 5.74) is 6.07. The standard InChI is InChI=1S/C18H19ClN2O3S/c19-14-6-8-15(9-7-14)25-11-10-24-17(22)16(21-18(20)23)12-13-4-2-1-3-5-13/h1-9,16H,10-12H2,(H3,20,21,23)/t16-/m0/s1. The number of carbonyl (C=O) groups is 2. The van der Waals surface area contributed by atoms with Crippen molar-refractivity contribution in [3.63, 3.8) is 0 Å². The Labute approximate surface area is 155 Å². The molecule has 0 bridgehead atoms. The van der Waals surface area contributed by atoms with Crippen molar-refractivity contribution in [2.24, 2.45) is 5.73 Å². The molecule has 0 radical (unpaired) electrons. The van der Waals surface area contributed by atoms with Crippen molar-refractivity contribution in [1.29, 1.82) is 0 Å². The van der Waals surface area contributed by atoms with E-state index in [2.05, 4.69) is 5.32 Å². The Bertz CT molecular complexity index is 695. The Hall–Kier alpha value is -2.18. The molecule has 0 aliphatic heterocycles. The number of esters is 1. The molecule has 2 amide bonds. The third-order valence-electron chi connectivity index (χ3n) is 3.29. The van der Waals surface area contributed by atoms with Gasteiger partial charge in [0.2, 0.25) is 0 Å². The maximum Gasteiger partial charge on any atom is 0.329 e. The molecule has 0 aliphatic carbocycles. The van der Waals surface area contributed by atoms with E-state index in [1.807, 2.05) is 54.6 Å². The number of carbonyl (C=O) groups excluding carboxylic acids is 2. The first-order valence-corrected chi connectivity index (χ1v) is 9.06. The molecule has 7 heteroatoms. The Morgan fingerprint density at radius 3 is 2.44 bits per heavy atom. The summed E-state index contributed by atoms with van der Waals surface area (Å²) in [5, 5.41) is 3.11. The van der Waals surface area contributed by atoms with Crippen LogP contribution in [0.15, 0.2) is 59.5 Å². The fraction of sp³-hybridized carbons (Fsp3) is 0.222. The summed E-state index contributed by atoms with van der Waals surface area (Å²) in [4.78, 5) is 24.4. The average Bonchev–Trinajstić information content (AvgIpc) is 2.60. The van der Waals surface area contributed by atoms with Crippen molar-refractivity contribution in [2.45, 2.75) is 17.4 Å². The first-order valence-electron chi connectivity index (χ1n) is 7.69. The molecule has 132 valence electrons. The molecular weight excluding hydrogens is 360 g/mol. The van der Waals surface area contributed by atoms with Crippen molar-refractivity contribution in [1.82, 2.24) is 5.32 Å². The number of hydrogen-bond acceptors (Lipinski definition) is 4. The van der Waals surface area contributed by atoms with Crippen molar-refractivity contribution in [3.8, 4) is 0 Å². The number of benzene rings is 2. The molecule has 2 rings (SSSR count). The van der Waals surface area contributed by atoms with E-state index < -0.39 is 18.0 Å². The van der Waals surface area contributed by atoms with Gasteiger partial charge in [-0.25, -0.2) is 9.59 Å². The van der Waals surface area contributed by atoms with E-state index in [0.29, 0.717) is 17.2 Å². The SMILES string of the molecule is NC(=O)N[C@@H](Cc1ccccc1)C(=O)OCCSc1ccc(Cl)cc1. The first kappa shape index (κ1) is 19.1. The van der Waals surface area contributed by atoms with Crippen LogP contribution >= 0.6 is 23.4 Å². The van der Waals surface area contributed by atoms with Crippen molar-refractivity contribution < 1.29 is 14.3 Å². The third-order valence-corrected chi connectivity index (χ3v) is 4.52. The molecule has 0 saturated carbocycles. The maximum atomic E-state index is 12.2. The lowest BCUT2D eigenvalue weighted by Gasteiger charge is -2.16. The normalized spacial score (nSPS) is 11.6. The van der Waals surface area contributed by atoms with E-state index >= 15 is 0 Å². The van der Waals surface area contributed by atoms with Gasteiger partial charge < -0.3 is 15.8 Å². The Morgan fingerprint density at radius 1 is 1.12 bits per heavy atom. The third kappa shape index (κ3) is 7.07. The quantitative estimate of drug-likeness (QED) is 0.419. The van der Waals surface area contributed by atoms with Crippen LogP contribution in [0.5, 0.6) is 0 Å². The van der Waals surface area contributed by atoms with E-state index in [4.69, 9.17) is 22.1 Å². The van der Waals surface area contributed by atoms with Crippen LogP contribution in [-0.2, 0) is 16.0 Å². The highest BCUT2D eigenvalue weighted by Gasteiger charge is 2.21. The molecule has 0 aliphatic rings. The van der Waals surface area contributed by atoms with Gasteiger partial charge in [-0.1, -0.05) is 41.9 Å². The maximum absolute atomic E-state index is 12.2. The number of rotatable bonds is 8. The molecule has 0 spiro atoms. The summed E-state index contributed by atoms with van der Waals surface area (Å²) < 4.78 is 5.27. The summed E-state index contributed by atoms with van der Waals surface area (Å²) in [7, 11) is 0. The zero-order valence-corrected chi connectivity index (χ0v) is 15.1.